The van der Waals surface area contributed by atoms with E-state index in [0.717, 1.165) is 35.9 Å². The third-order valence-electron chi connectivity index (χ3n) is 4.20. The number of carbonyl (C=O) groups excluding carboxylic acids is 2. The number of quaternary nitrogens is 2. The number of aliphatic carboxylic acids is 6. The summed E-state index contributed by atoms with van der Waals surface area (Å²) in [5.41, 5.74) is 10.0. The van der Waals surface area contributed by atoms with E-state index in [1.807, 2.05) is 0 Å². The number of hydrogen-bond acceptors (Lipinski definition) is 14. The van der Waals surface area contributed by atoms with E-state index in [9.17, 15) is 39.0 Å². The Hall–Kier alpha value is -3.50. The number of rotatable bonds is 14. The molecule has 0 bridgehead atoms. The third kappa shape index (κ3) is 67.9. The lowest BCUT2D eigenvalue weighted by Gasteiger charge is -2.21. The van der Waals surface area contributed by atoms with Crippen LogP contribution in [0, 0.1) is 0 Å². The minimum Gasteiger partial charge on any atom is -0.547 e. The van der Waals surface area contributed by atoms with Crippen LogP contribution in [0.5, 0.6) is 0 Å². The molecule has 2 unspecified atom stereocenters. The van der Waals surface area contributed by atoms with Gasteiger partial charge in [0, 0.05) is 12.8 Å². The van der Waals surface area contributed by atoms with E-state index in [1.54, 1.807) is 0 Å². The normalized spacial score (nSPS) is 12.7. The van der Waals surface area contributed by atoms with Crippen molar-refractivity contribution < 1.29 is 88.8 Å². The second kappa shape index (κ2) is 31.5. The Bertz CT molecular complexity index is 773. The summed E-state index contributed by atoms with van der Waals surface area (Å²) >= 11 is 0. The van der Waals surface area contributed by atoms with Crippen LogP contribution in [0.4, 0.5) is 0 Å². The lowest BCUT2D eigenvalue weighted by molar-refractivity contribution is -0.870. The van der Waals surface area contributed by atoms with Gasteiger partial charge in [-0.05, 0) is 26.7 Å². The second-order valence-corrected chi connectivity index (χ2v) is 11.2. The van der Waals surface area contributed by atoms with Gasteiger partial charge in [-0.3, -0.25) is 19.2 Å². The van der Waals surface area contributed by atoms with E-state index in [0.29, 0.717) is 0 Å². The molecule has 0 saturated carbocycles. The summed E-state index contributed by atoms with van der Waals surface area (Å²) in [7, 11) is 12.3. The van der Waals surface area contributed by atoms with Crippen molar-refractivity contribution in [3.05, 3.63) is 0 Å². The standard InChI is InChI=1S/2C5H9NO4.2C5H14NO.2C3H6O3/c2*6-3(5(9)10)1-2-4(7)8;2*1-6(2,3)4-5-7;2*1-2(4)3(5)6/h2*3H,1-2,6H2,(H,7,8)(H,9,10);2*7H,4-5H2,1-3H3;2*2,4H,1H3,(H,5,6)/q;;2*+1;;/p-2/t2*3-;;;;/m00..../s1. The van der Waals surface area contributed by atoms with Gasteiger partial charge in [0.05, 0.1) is 79.6 Å². The summed E-state index contributed by atoms with van der Waals surface area (Å²) in [6, 6.07) is -2.12. The predicted octanol–water partition coefficient (Wildman–Crippen LogP) is -5.87. The van der Waals surface area contributed by atoms with Crippen LogP contribution in [0.25, 0.3) is 0 Å². The molecule has 0 saturated heterocycles. The van der Waals surface area contributed by atoms with Crippen LogP contribution in [-0.4, -0.2) is 179 Å². The van der Waals surface area contributed by atoms with Crippen molar-refractivity contribution in [3.63, 3.8) is 0 Å². The quantitative estimate of drug-likeness (QED) is 0.0763. The fourth-order valence-electron chi connectivity index (χ4n) is 1.40. The van der Waals surface area contributed by atoms with E-state index in [2.05, 4.69) is 42.3 Å². The number of hydrogen-bond donors (Lipinski definition) is 10. The fraction of sp³-hybridized carbons (Fsp3) is 0.769. The molecule has 20 nitrogen and oxygen atoms in total. The molecule has 0 rings (SSSR count). The van der Waals surface area contributed by atoms with E-state index in [1.165, 1.54) is 0 Å². The highest BCUT2D eigenvalue weighted by Crippen LogP contribution is 1.94. The molecule has 0 aromatic heterocycles. The van der Waals surface area contributed by atoms with Crippen LogP contribution >= 0.6 is 0 Å². The van der Waals surface area contributed by atoms with Crippen LogP contribution in [0.3, 0.4) is 0 Å². The van der Waals surface area contributed by atoms with Gasteiger partial charge in [0.15, 0.2) is 0 Å². The average Bonchev–Trinajstić information content (AvgIpc) is 2.85. The zero-order valence-corrected chi connectivity index (χ0v) is 27.9. The summed E-state index contributed by atoms with van der Waals surface area (Å²) in [4.78, 5) is 58.4. The summed E-state index contributed by atoms with van der Waals surface area (Å²) in [5, 5.41) is 83.9. The molecule has 0 amide bonds. The van der Waals surface area contributed by atoms with E-state index < -0.39 is 60.1 Å². The lowest BCUT2D eigenvalue weighted by Crippen LogP contribution is -2.36. The molecule has 0 aromatic rings. The zero-order valence-electron chi connectivity index (χ0n) is 27.9. The Kier molecular flexibility index (Phi) is 37.6. The van der Waals surface area contributed by atoms with Gasteiger partial charge in [-0.1, -0.05) is 0 Å². The Balaban J connectivity index is -0.000000106. The van der Waals surface area contributed by atoms with Gasteiger partial charge < -0.3 is 81.1 Å². The third-order valence-corrected chi connectivity index (χ3v) is 4.20. The smallest absolute Gasteiger partial charge is 0.320 e. The number of nitrogens with zero attached hydrogens (tertiary/aromatic N) is 2. The Labute approximate surface area is 268 Å². The number of likely N-dealkylation sites (N-methyl/N-ethyl adjacent to an activating group) is 2. The van der Waals surface area contributed by atoms with Gasteiger partial charge in [-0.15, -0.1) is 0 Å². The van der Waals surface area contributed by atoms with Gasteiger partial charge in [-0.25, -0.2) is 0 Å². The van der Waals surface area contributed by atoms with Crippen LogP contribution in [0.15, 0.2) is 0 Å². The molecule has 46 heavy (non-hydrogen) atoms. The molecule has 4 atom stereocenters. The van der Waals surface area contributed by atoms with Crippen molar-refractivity contribution in [2.45, 2.75) is 63.8 Å². The molecule has 276 valence electrons. The first-order valence-corrected chi connectivity index (χ1v) is 13.5. The summed E-state index contributed by atoms with van der Waals surface area (Å²) < 4.78 is 1.69. The summed E-state index contributed by atoms with van der Waals surface area (Å²) in [5.74, 6) is -7.26. The van der Waals surface area contributed by atoms with E-state index in [-0.39, 0.29) is 38.9 Å². The van der Waals surface area contributed by atoms with Gasteiger partial charge in [0.2, 0.25) is 0 Å². The molecular formula is C26H56N4O16. The number of aliphatic hydroxyl groups excluding tert-OH is 4. The molecule has 0 radical (unpaired) electrons. The Morgan fingerprint density at radius 1 is 0.587 bits per heavy atom. The minimum atomic E-state index is -1.44. The number of carbonyl (C=O) groups is 6. The minimum absolute atomic E-state index is 0.0231. The molecule has 0 aliphatic carbocycles. The molecule has 0 aliphatic heterocycles. The van der Waals surface area contributed by atoms with Crippen molar-refractivity contribution in [1.29, 1.82) is 0 Å². The second-order valence-electron chi connectivity index (χ2n) is 11.2. The van der Waals surface area contributed by atoms with Gasteiger partial charge in [0.25, 0.3) is 0 Å². The number of nitrogens with two attached hydrogens (primary N) is 2. The molecule has 12 N–H and O–H groups in total. The monoisotopic (exact) mass is 680 g/mol. The molecule has 0 aromatic carbocycles. The maximum atomic E-state index is 9.99. The van der Waals surface area contributed by atoms with Crippen molar-refractivity contribution in [2.75, 3.05) is 68.6 Å². The molecule has 0 aliphatic rings. The predicted molar refractivity (Wildman–Crippen MR) is 158 cm³/mol. The molecule has 20 heteroatoms. The first-order chi connectivity index (χ1) is 20.5. The molecular weight excluding hydrogens is 624 g/mol. The Morgan fingerprint density at radius 3 is 0.848 bits per heavy atom. The van der Waals surface area contributed by atoms with E-state index >= 15 is 0 Å². The van der Waals surface area contributed by atoms with Crippen LogP contribution < -0.4 is 21.7 Å². The average molecular weight is 681 g/mol. The highest BCUT2D eigenvalue weighted by molar-refractivity contribution is 5.75. The first-order valence-electron chi connectivity index (χ1n) is 13.5. The number of carboxylic acids is 6. The lowest BCUT2D eigenvalue weighted by atomic mass is 10.2. The largest absolute Gasteiger partial charge is 0.547 e. The molecule has 0 heterocycles. The Morgan fingerprint density at radius 2 is 0.783 bits per heavy atom. The molecule has 0 fully saturated rings. The zero-order chi connectivity index (χ0) is 38.4. The van der Waals surface area contributed by atoms with Gasteiger partial charge in [0.1, 0.15) is 25.2 Å². The van der Waals surface area contributed by atoms with Crippen LogP contribution in [-0.2, 0) is 28.8 Å². The van der Waals surface area contributed by atoms with Crippen molar-refractivity contribution in [3.8, 4) is 0 Å². The van der Waals surface area contributed by atoms with Gasteiger partial charge >= 0.3 is 23.9 Å². The summed E-state index contributed by atoms with van der Waals surface area (Å²) in [6.07, 6.45) is -3.13. The van der Waals surface area contributed by atoms with Crippen molar-refractivity contribution in [2.24, 2.45) is 11.5 Å². The topological polar surface area (TPSA) is 362 Å². The van der Waals surface area contributed by atoms with E-state index in [4.69, 9.17) is 52.3 Å². The highest BCUT2D eigenvalue weighted by atomic mass is 16.4. The van der Waals surface area contributed by atoms with Crippen LogP contribution in [0.2, 0.25) is 0 Å². The maximum absolute atomic E-state index is 9.99. The first kappa shape index (κ1) is 54.9. The van der Waals surface area contributed by atoms with Crippen LogP contribution in [0.1, 0.15) is 39.5 Å². The fourth-order valence-corrected chi connectivity index (χ4v) is 1.40. The van der Waals surface area contributed by atoms with Crippen molar-refractivity contribution in [1.82, 2.24) is 0 Å². The SMILES string of the molecule is CC(O)C(=O)[O-].CC(O)C(=O)[O-].C[N+](C)(C)CCO.C[N+](C)(C)CCO.N[C@@H](CCC(=O)O)C(=O)O.N[C@@H](CCC(=O)O)C(=O)O. The van der Waals surface area contributed by atoms with Crippen molar-refractivity contribution >= 4 is 35.8 Å². The molecule has 0 spiro atoms. The summed E-state index contributed by atoms with van der Waals surface area (Å²) in [6.45, 7) is 4.50. The highest BCUT2D eigenvalue weighted by Gasteiger charge is 2.13. The number of aliphatic hydroxyl groups is 4. The maximum Gasteiger partial charge on any atom is 0.320 e. The van der Waals surface area contributed by atoms with Gasteiger partial charge in [-0.2, -0.15) is 0 Å². The number of carboxylic acid groups (broad SMARTS) is 6.